The molecule has 1 aliphatic heterocycles. The van der Waals surface area contributed by atoms with Crippen LogP contribution in [0.1, 0.15) is 35.3 Å². The lowest BCUT2D eigenvalue weighted by Gasteiger charge is -2.16. The van der Waals surface area contributed by atoms with Gasteiger partial charge in [0, 0.05) is 37.7 Å². The molecule has 0 aliphatic carbocycles. The fourth-order valence-corrected chi connectivity index (χ4v) is 3.50. The number of carbonyl (C=O) groups is 2. The summed E-state index contributed by atoms with van der Waals surface area (Å²) in [6.45, 7) is 4.80. The van der Waals surface area contributed by atoms with Crippen molar-refractivity contribution in [3.63, 3.8) is 0 Å². The zero-order valence-electron chi connectivity index (χ0n) is 12.6. The number of aryl methyl sites for hydroxylation is 1. The molecule has 1 aliphatic rings. The maximum absolute atomic E-state index is 12.5. The van der Waals surface area contributed by atoms with Crippen molar-refractivity contribution in [2.24, 2.45) is 0 Å². The summed E-state index contributed by atoms with van der Waals surface area (Å²) >= 11 is 1.55. The van der Waals surface area contributed by atoms with Gasteiger partial charge in [-0.05, 0) is 24.3 Å². The number of nitrogens with one attached hydrogen (secondary N) is 1. The van der Waals surface area contributed by atoms with E-state index < -0.39 is 0 Å². The predicted molar refractivity (Wildman–Crippen MR) is 85.1 cm³/mol. The molecule has 7 heteroatoms. The molecule has 0 saturated carbocycles. The van der Waals surface area contributed by atoms with E-state index in [1.54, 1.807) is 17.4 Å². The van der Waals surface area contributed by atoms with E-state index >= 15 is 0 Å². The Kier molecular flexibility index (Phi) is 3.98. The minimum atomic E-state index is -0.138. The van der Waals surface area contributed by atoms with Gasteiger partial charge in [-0.15, -0.1) is 0 Å². The normalized spacial score (nSPS) is 17.7. The first-order valence-electron chi connectivity index (χ1n) is 7.19. The van der Waals surface area contributed by atoms with Crippen LogP contribution < -0.4 is 5.32 Å². The standard InChI is InChI=1S/C15H18N4O2S/c1-10-8-22-9-13(10)15(21)18-5-3-12(7-18)19-6-4-14(17-19)16-11(2)20/h4,6,8-9,12H,3,5,7H2,1-2H3,(H,16,17,20). The van der Waals surface area contributed by atoms with Crippen LogP contribution in [0.3, 0.4) is 0 Å². The summed E-state index contributed by atoms with van der Waals surface area (Å²) in [5.41, 5.74) is 1.83. The maximum atomic E-state index is 12.5. The minimum Gasteiger partial charge on any atom is -0.336 e. The van der Waals surface area contributed by atoms with E-state index in [4.69, 9.17) is 0 Å². The largest absolute Gasteiger partial charge is 0.336 e. The van der Waals surface area contributed by atoms with Gasteiger partial charge in [0.1, 0.15) is 0 Å². The Morgan fingerprint density at radius 1 is 1.41 bits per heavy atom. The Hall–Kier alpha value is -2.15. The van der Waals surface area contributed by atoms with Gasteiger partial charge in [0.05, 0.1) is 11.6 Å². The molecule has 3 heterocycles. The molecule has 0 radical (unpaired) electrons. The van der Waals surface area contributed by atoms with Gasteiger partial charge in [0.2, 0.25) is 5.91 Å². The first-order valence-corrected chi connectivity index (χ1v) is 8.13. The zero-order valence-corrected chi connectivity index (χ0v) is 13.4. The van der Waals surface area contributed by atoms with E-state index in [0.717, 1.165) is 24.1 Å². The summed E-state index contributed by atoms with van der Waals surface area (Å²) < 4.78 is 1.83. The Labute approximate surface area is 132 Å². The fraction of sp³-hybridized carbons (Fsp3) is 0.400. The Bertz CT molecular complexity index is 706. The monoisotopic (exact) mass is 318 g/mol. The van der Waals surface area contributed by atoms with Gasteiger partial charge in [-0.1, -0.05) is 0 Å². The molecule has 1 N–H and O–H groups in total. The molecule has 2 aromatic heterocycles. The highest BCUT2D eigenvalue weighted by Gasteiger charge is 2.29. The van der Waals surface area contributed by atoms with E-state index in [0.29, 0.717) is 12.4 Å². The molecule has 3 rings (SSSR count). The molecule has 1 saturated heterocycles. The van der Waals surface area contributed by atoms with Crippen molar-refractivity contribution >= 4 is 29.0 Å². The second-order valence-corrected chi connectivity index (χ2v) is 6.27. The summed E-state index contributed by atoms with van der Waals surface area (Å²) in [6, 6.07) is 1.93. The first-order chi connectivity index (χ1) is 10.5. The van der Waals surface area contributed by atoms with Crippen molar-refractivity contribution in [2.45, 2.75) is 26.3 Å². The first kappa shape index (κ1) is 14.8. The van der Waals surface area contributed by atoms with Crippen LogP contribution >= 0.6 is 11.3 Å². The van der Waals surface area contributed by atoms with E-state index in [9.17, 15) is 9.59 Å². The quantitative estimate of drug-likeness (QED) is 0.944. The lowest BCUT2D eigenvalue weighted by molar-refractivity contribution is -0.114. The third kappa shape index (κ3) is 2.89. The van der Waals surface area contributed by atoms with Crippen molar-refractivity contribution in [3.05, 3.63) is 34.2 Å². The summed E-state index contributed by atoms with van der Waals surface area (Å²) in [6.07, 6.45) is 2.72. The molecule has 0 bridgehead atoms. The molecule has 1 atom stereocenters. The molecule has 0 aromatic carbocycles. The molecular formula is C15H18N4O2S. The highest BCUT2D eigenvalue weighted by atomic mass is 32.1. The van der Waals surface area contributed by atoms with Gasteiger partial charge in [0.15, 0.2) is 5.82 Å². The van der Waals surface area contributed by atoms with E-state index in [-0.39, 0.29) is 17.9 Å². The van der Waals surface area contributed by atoms with Gasteiger partial charge in [-0.25, -0.2) is 0 Å². The van der Waals surface area contributed by atoms with Crippen LogP contribution in [-0.4, -0.2) is 39.6 Å². The Morgan fingerprint density at radius 3 is 2.91 bits per heavy atom. The topological polar surface area (TPSA) is 67.2 Å². The average molecular weight is 318 g/mol. The SMILES string of the molecule is CC(=O)Nc1ccn(C2CCN(C(=O)c3cscc3C)C2)n1. The second-order valence-electron chi connectivity index (χ2n) is 5.52. The van der Waals surface area contributed by atoms with Gasteiger partial charge in [-0.3, -0.25) is 14.3 Å². The number of amides is 2. The number of anilines is 1. The molecule has 1 fully saturated rings. The number of hydrogen-bond acceptors (Lipinski definition) is 4. The number of likely N-dealkylation sites (tertiary alicyclic amines) is 1. The second kappa shape index (κ2) is 5.92. The Balaban J connectivity index is 1.67. The van der Waals surface area contributed by atoms with Crippen LogP contribution in [0.5, 0.6) is 0 Å². The zero-order chi connectivity index (χ0) is 15.7. The summed E-state index contributed by atoms with van der Waals surface area (Å²) in [4.78, 5) is 25.4. The molecule has 22 heavy (non-hydrogen) atoms. The number of hydrogen-bond donors (Lipinski definition) is 1. The highest BCUT2D eigenvalue weighted by molar-refractivity contribution is 7.08. The molecule has 2 amide bonds. The van der Waals surface area contributed by atoms with Crippen LogP contribution in [0.2, 0.25) is 0 Å². The lowest BCUT2D eigenvalue weighted by atomic mass is 10.2. The van der Waals surface area contributed by atoms with Crippen LogP contribution in [-0.2, 0) is 4.79 Å². The third-order valence-corrected chi connectivity index (χ3v) is 4.68. The van der Waals surface area contributed by atoms with Crippen LogP contribution in [0.25, 0.3) is 0 Å². The van der Waals surface area contributed by atoms with Crippen molar-refractivity contribution in [2.75, 3.05) is 18.4 Å². The van der Waals surface area contributed by atoms with Gasteiger partial charge in [0.25, 0.3) is 5.91 Å². The van der Waals surface area contributed by atoms with Gasteiger partial charge < -0.3 is 10.2 Å². The smallest absolute Gasteiger partial charge is 0.255 e. The van der Waals surface area contributed by atoms with E-state index in [1.807, 2.05) is 33.5 Å². The molecule has 2 aromatic rings. The summed E-state index contributed by atoms with van der Waals surface area (Å²) in [5, 5.41) is 10.9. The molecule has 6 nitrogen and oxygen atoms in total. The van der Waals surface area contributed by atoms with E-state index in [2.05, 4.69) is 10.4 Å². The van der Waals surface area contributed by atoms with Crippen molar-refractivity contribution in [1.82, 2.24) is 14.7 Å². The maximum Gasteiger partial charge on any atom is 0.255 e. The molecular weight excluding hydrogens is 300 g/mol. The van der Waals surface area contributed by atoms with Crippen LogP contribution in [0, 0.1) is 6.92 Å². The third-order valence-electron chi connectivity index (χ3n) is 3.82. The molecule has 1 unspecified atom stereocenters. The van der Waals surface area contributed by atoms with Gasteiger partial charge >= 0.3 is 0 Å². The summed E-state index contributed by atoms with van der Waals surface area (Å²) in [5.74, 6) is 0.503. The number of rotatable bonds is 3. The lowest BCUT2D eigenvalue weighted by Crippen LogP contribution is -2.29. The highest BCUT2D eigenvalue weighted by Crippen LogP contribution is 2.25. The van der Waals surface area contributed by atoms with Crippen LogP contribution in [0.15, 0.2) is 23.0 Å². The number of nitrogens with zero attached hydrogens (tertiary/aromatic N) is 3. The van der Waals surface area contributed by atoms with E-state index in [1.165, 1.54) is 6.92 Å². The predicted octanol–water partition coefficient (Wildman–Crippen LogP) is 2.30. The van der Waals surface area contributed by atoms with Gasteiger partial charge in [-0.2, -0.15) is 16.4 Å². The van der Waals surface area contributed by atoms with Crippen LogP contribution in [0.4, 0.5) is 5.82 Å². The molecule has 116 valence electrons. The Morgan fingerprint density at radius 2 is 2.23 bits per heavy atom. The average Bonchev–Trinajstić information content (AvgIpc) is 3.16. The number of carbonyl (C=O) groups excluding carboxylic acids is 2. The number of thiophene rings is 1. The van der Waals surface area contributed by atoms with Crippen molar-refractivity contribution < 1.29 is 9.59 Å². The number of aromatic nitrogens is 2. The summed E-state index contributed by atoms with van der Waals surface area (Å²) in [7, 11) is 0. The molecule has 0 spiro atoms. The van der Waals surface area contributed by atoms with Crippen molar-refractivity contribution in [3.8, 4) is 0 Å². The van der Waals surface area contributed by atoms with Crippen molar-refractivity contribution in [1.29, 1.82) is 0 Å². The fourth-order valence-electron chi connectivity index (χ4n) is 2.68. The minimum absolute atomic E-state index is 0.0930.